The average Bonchev–Trinajstić information content (AvgIpc) is 2.44. The summed E-state index contributed by atoms with van der Waals surface area (Å²) in [6.07, 6.45) is 2.22. The predicted octanol–water partition coefficient (Wildman–Crippen LogP) is 3.48. The van der Waals surface area contributed by atoms with E-state index in [0.29, 0.717) is 5.92 Å². The monoisotopic (exact) mass is 266 g/mol. The maximum absolute atomic E-state index is 6.38. The fourth-order valence-corrected chi connectivity index (χ4v) is 3.04. The van der Waals surface area contributed by atoms with E-state index in [9.17, 15) is 0 Å². The topological polar surface area (TPSA) is 29.3 Å². The zero-order valence-electron chi connectivity index (χ0n) is 12.2. The lowest BCUT2D eigenvalue weighted by Gasteiger charge is -2.32. The predicted molar refractivity (Wildman–Crippen MR) is 85.2 cm³/mol. The summed E-state index contributed by atoms with van der Waals surface area (Å²) < 4.78 is 0. The molecule has 2 unspecified atom stereocenters. The normalized spacial score (nSPS) is 18.1. The Morgan fingerprint density at radius 2 is 1.80 bits per heavy atom. The van der Waals surface area contributed by atoms with Gasteiger partial charge in [0.2, 0.25) is 0 Å². The van der Waals surface area contributed by atoms with Crippen LogP contribution >= 0.6 is 0 Å². The van der Waals surface area contributed by atoms with E-state index in [1.54, 1.807) is 0 Å². The molecular formula is C18H22N2. The Bertz CT molecular complexity index is 587. The Hall–Kier alpha value is -1.80. The second-order valence-corrected chi connectivity index (χ2v) is 5.93. The number of rotatable bonds is 4. The van der Waals surface area contributed by atoms with Crippen molar-refractivity contribution in [2.75, 3.05) is 19.0 Å². The number of hydrogen-bond donors (Lipinski definition) is 1. The molecule has 2 aromatic carbocycles. The summed E-state index contributed by atoms with van der Waals surface area (Å²) in [6, 6.07) is 17.4. The highest BCUT2D eigenvalue weighted by atomic mass is 15.1. The van der Waals surface area contributed by atoms with Crippen LogP contribution in [-0.4, -0.2) is 14.1 Å². The third kappa shape index (κ3) is 2.44. The summed E-state index contributed by atoms with van der Waals surface area (Å²) in [4.78, 5) is 2.11. The zero-order chi connectivity index (χ0) is 14.1. The van der Waals surface area contributed by atoms with Crippen molar-refractivity contribution in [2.45, 2.75) is 24.8 Å². The highest BCUT2D eigenvalue weighted by Crippen LogP contribution is 2.40. The van der Waals surface area contributed by atoms with Gasteiger partial charge in [-0.2, -0.15) is 0 Å². The van der Waals surface area contributed by atoms with Gasteiger partial charge >= 0.3 is 0 Å². The summed E-state index contributed by atoms with van der Waals surface area (Å²) in [6.45, 7) is 0. The number of nitrogens with two attached hydrogens (primary N) is 1. The van der Waals surface area contributed by atoms with Gasteiger partial charge in [0.15, 0.2) is 0 Å². The van der Waals surface area contributed by atoms with Gasteiger partial charge in [-0.15, -0.1) is 0 Å². The van der Waals surface area contributed by atoms with Crippen LogP contribution in [0.25, 0.3) is 0 Å². The van der Waals surface area contributed by atoms with Gasteiger partial charge < -0.3 is 10.6 Å². The first-order valence-electron chi connectivity index (χ1n) is 7.26. The molecule has 0 fully saturated rings. The fraction of sp³-hybridized carbons (Fsp3) is 0.333. The Balaban J connectivity index is 1.67. The van der Waals surface area contributed by atoms with Crippen LogP contribution in [-0.2, 0) is 6.42 Å². The molecule has 2 nitrogen and oxygen atoms in total. The second kappa shape index (κ2) is 5.29. The first-order valence-corrected chi connectivity index (χ1v) is 7.26. The van der Waals surface area contributed by atoms with Crippen LogP contribution in [0.5, 0.6) is 0 Å². The van der Waals surface area contributed by atoms with E-state index in [2.05, 4.69) is 67.5 Å². The van der Waals surface area contributed by atoms with E-state index in [1.165, 1.54) is 28.8 Å². The minimum atomic E-state index is 0.129. The third-order valence-electron chi connectivity index (χ3n) is 4.34. The summed E-state index contributed by atoms with van der Waals surface area (Å²) in [5.41, 5.74) is 11.8. The molecule has 2 atom stereocenters. The fourth-order valence-electron chi connectivity index (χ4n) is 3.04. The molecule has 0 spiro atoms. The Labute approximate surface area is 121 Å². The molecule has 0 radical (unpaired) electrons. The molecule has 0 amide bonds. The lowest BCUT2D eigenvalue weighted by molar-refractivity contribution is 0.498. The number of anilines is 1. The van der Waals surface area contributed by atoms with Crippen molar-refractivity contribution in [1.82, 2.24) is 0 Å². The van der Waals surface area contributed by atoms with Crippen LogP contribution < -0.4 is 10.6 Å². The van der Waals surface area contributed by atoms with E-state index in [1.807, 2.05) is 0 Å². The van der Waals surface area contributed by atoms with Gasteiger partial charge in [-0.3, -0.25) is 0 Å². The molecule has 3 rings (SSSR count). The average molecular weight is 266 g/mol. The van der Waals surface area contributed by atoms with Gasteiger partial charge in [-0.25, -0.2) is 0 Å². The standard InChI is InChI=1S/C18H22N2/c1-20(2)16-9-7-13(8-10-16)18(19)12-15-11-14-5-3-4-6-17(14)15/h3-10,15,18H,11-12,19H2,1-2H3. The molecule has 0 saturated heterocycles. The maximum Gasteiger partial charge on any atom is 0.0361 e. The van der Waals surface area contributed by atoms with E-state index in [4.69, 9.17) is 5.73 Å². The van der Waals surface area contributed by atoms with Crippen LogP contribution in [0.15, 0.2) is 48.5 Å². The SMILES string of the molecule is CN(C)c1ccc(C(N)CC2Cc3ccccc32)cc1. The van der Waals surface area contributed by atoms with Crippen molar-refractivity contribution in [1.29, 1.82) is 0 Å². The molecule has 0 saturated carbocycles. The van der Waals surface area contributed by atoms with Gasteiger partial charge in [0.05, 0.1) is 0 Å². The van der Waals surface area contributed by atoms with Gasteiger partial charge in [-0.05, 0) is 47.6 Å². The van der Waals surface area contributed by atoms with Crippen molar-refractivity contribution < 1.29 is 0 Å². The molecule has 1 aliphatic carbocycles. The van der Waals surface area contributed by atoms with Gasteiger partial charge in [0.1, 0.15) is 0 Å². The maximum atomic E-state index is 6.38. The lowest BCUT2D eigenvalue weighted by atomic mass is 9.74. The molecule has 2 aromatic rings. The third-order valence-corrected chi connectivity index (χ3v) is 4.34. The molecule has 0 aromatic heterocycles. The summed E-state index contributed by atoms with van der Waals surface area (Å²) in [5.74, 6) is 0.634. The van der Waals surface area contributed by atoms with Gasteiger partial charge in [0, 0.05) is 25.8 Å². The van der Waals surface area contributed by atoms with Crippen molar-refractivity contribution in [3.8, 4) is 0 Å². The molecule has 0 aliphatic heterocycles. The van der Waals surface area contributed by atoms with Crippen molar-refractivity contribution in [3.63, 3.8) is 0 Å². The van der Waals surface area contributed by atoms with Crippen LogP contribution in [0.2, 0.25) is 0 Å². The Kier molecular flexibility index (Phi) is 3.49. The number of hydrogen-bond acceptors (Lipinski definition) is 2. The summed E-state index contributed by atoms with van der Waals surface area (Å²) >= 11 is 0. The van der Waals surface area contributed by atoms with Gasteiger partial charge in [0.25, 0.3) is 0 Å². The Morgan fingerprint density at radius 1 is 1.10 bits per heavy atom. The van der Waals surface area contributed by atoms with Crippen molar-refractivity contribution in [3.05, 3.63) is 65.2 Å². The second-order valence-electron chi connectivity index (χ2n) is 5.93. The molecule has 104 valence electrons. The van der Waals surface area contributed by atoms with Crippen molar-refractivity contribution >= 4 is 5.69 Å². The van der Waals surface area contributed by atoms with Crippen LogP contribution in [0.1, 0.15) is 35.1 Å². The minimum absolute atomic E-state index is 0.129. The van der Waals surface area contributed by atoms with E-state index < -0.39 is 0 Å². The van der Waals surface area contributed by atoms with Crippen LogP contribution in [0.4, 0.5) is 5.69 Å². The van der Waals surface area contributed by atoms with Crippen LogP contribution in [0, 0.1) is 0 Å². The van der Waals surface area contributed by atoms with E-state index >= 15 is 0 Å². The van der Waals surface area contributed by atoms with E-state index in [0.717, 1.165) is 6.42 Å². The molecular weight excluding hydrogens is 244 g/mol. The number of fused-ring (bicyclic) bond motifs is 1. The van der Waals surface area contributed by atoms with Gasteiger partial charge in [-0.1, -0.05) is 36.4 Å². The first kappa shape index (κ1) is 13.2. The zero-order valence-corrected chi connectivity index (χ0v) is 12.2. The molecule has 2 heteroatoms. The molecule has 2 N–H and O–H groups in total. The highest BCUT2D eigenvalue weighted by Gasteiger charge is 2.27. The molecule has 0 heterocycles. The lowest BCUT2D eigenvalue weighted by Crippen LogP contribution is -2.22. The van der Waals surface area contributed by atoms with Crippen LogP contribution in [0.3, 0.4) is 0 Å². The van der Waals surface area contributed by atoms with E-state index in [-0.39, 0.29) is 6.04 Å². The minimum Gasteiger partial charge on any atom is -0.378 e. The van der Waals surface area contributed by atoms with Crippen molar-refractivity contribution in [2.24, 2.45) is 5.73 Å². The highest BCUT2D eigenvalue weighted by molar-refractivity contribution is 5.47. The Morgan fingerprint density at radius 3 is 2.45 bits per heavy atom. The quantitative estimate of drug-likeness (QED) is 0.918. The molecule has 0 bridgehead atoms. The summed E-state index contributed by atoms with van der Waals surface area (Å²) in [7, 11) is 4.11. The first-order chi connectivity index (χ1) is 9.65. The largest absolute Gasteiger partial charge is 0.378 e. The summed E-state index contributed by atoms with van der Waals surface area (Å²) in [5, 5.41) is 0. The molecule has 20 heavy (non-hydrogen) atoms. The number of benzene rings is 2. The smallest absolute Gasteiger partial charge is 0.0361 e. The molecule has 1 aliphatic rings. The number of nitrogens with zero attached hydrogens (tertiary/aromatic N) is 1.